The molecule has 2 rings (SSSR count). The molecule has 0 saturated carbocycles. The maximum atomic E-state index is 11.8. The number of carbonyl (C=O) groups excluding carboxylic acids is 1. The van der Waals surface area contributed by atoms with E-state index in [2.05, 4.69) is 17.3 Å². The number of nitrogens with one attached hydrogen (secondary N) is 1. The van der Waals surface area contributed by atoms with Crippen molar-refractivity contribution in [3.63, 3.8) is 0 Å². The van der Waals surface area contributed by atoms with Gasteiger partial charge in [-0.25, -0.2) is 0 Å². The third-order valence-corrected chi connectivity index (χ3v) is 2.79. The predicted octanol–water partition coefficient (Wildman–Crippen LogP) is 1.04. The quantitative estimate of drug-likeness (QED) is 0.780. The highest BCUT2D eigenvalue weighted by molar-refractivity contribution is 5.95. The van der Waals surface area contributed by atoms with E-state index in [1.807, 2.05) is 31.2 Å². The zero-order chi connectivity index (χ0) is 10.8. The average molecular weight is 204 g/mol. The standard InChI is InChI=1S/C12H16N2O/c1-9-5-3-4-6-11(9)12(15)13-10-7-14(2)8-10/h3-6,10H,7-8H2,1-2H3,(H,13,15). The van der Waals surface area contributed by atoms with Crippen molar-refractivity contribution in [1.29, 1.82) is 0 Å². The van der Waals surface area contributed by atoms with Crippen LogP contribution in [0, 0.1) is 6.92 Å². The first-order chi connectivity index (χ1) is 7.16. The fourth-order valence-corrected chi connectivity index (χ4v) is 1.88. The number of rotatable bonds is 2. The van der Waals surface area contributed by atoms with Crippen molar-refractivity contribution in [2.75, 3.05) is 20.1 Å². The van der Waals surface area contributed by atoms with Gasteiger partial charge in [-0.15, -0.1) is 0 Å². The lowest BCUT2D eigenvalue weighted by molar-refractivity contribution is 0.0857. The molecule has 0 unspecified atom stereocenters. The highest BCUT2D eigenvalue weighted by atomic mass is 16.1. The highest BCUT2D eigenvalue weighted by Crippen LogP contribution is 2.09. The Morgan fingerprint density at radius 1 is 1.40 bits per heavy atom. The monoisotopic (exact) mass is 204 g/mol. The van der Waals surface area contributed by atoms with Crippen LogP contribution in [-0.4, -0.2) is 37.0 Å². The van der Waals surface area contributed by atoms with Crippen LogP contribution >= 0.6 is 0 Å². The van der Waals surface area contributed by atoms with Crippen LogP contribution in [0.25, 0.3) is 0 Å². The number of hydrogen-bond donors (Lipinski definition) is 1. The Morgan fingerprint density at radius 2 is 2.07 bits per heavy atom. The Bertz CT molecular complexity index is 370. The summed E-state index contributed by atoms with van der Waals surface area (Å²) in [7, 11) is 2.05. The van der Waals surface area contributed by atoms with Gasteiger partial charge in [0, 0.05) is 18.7 Å². The minimum absolute atomic E-state index is 0.0474. The van der Waals surface area contributed by atoms with Crippen molar-refractivity contribution >= 4 is 5.91 Å². The van der Waals surface area contributed by atoms with Gasteiger partial charge in [0.05, 0.1) is 6.04 Å². The minimum Gasteiger partial charge on any atom is -0.347 e. The van der Waals surface area contributed by atoms with Crippen molar-refractivity contribution in [1.82, 2.24) is 10.2 Å². The predicted molar refractivity (Wildman–Crippen MR) is 59.9 cm³/mol. The van der Waals surface area contributed by atoms with E-state index in [0.717, 1.165) is 24.2 Å². The van der Waals surface area contributed by atoms with Gasteiger partial charge in [-0.2, -0.15) is 0 Å². The number of hydrogen-bond acceptors (Lipinski definition) is 2. The first kappa shape index (κ1) is 10.2. The highest BCUT2D eigenvalue weighted by Gasteiger charge is 2.25. The van der Waals surface area contributed by atoms with Gasteiger partial charge < -0.3 is 10.2 Å². The first-order valence-electron chi connectivity index (χ1n) is 5.22. The average Bonchev–Trinajstić information content (AvgIpc) is 2.16. The molecule has 1 heterocycles. The van der Waals surface area contributed by atoms with Crippen LogP contribution in [0.5, 0.6) is 0 Å². The van der Waals surface area contributed by atoms with Crippen LogP contribution in [0.1, 0.15) is 15.9 Å². The zero-order valence-electron chi connectivity index (χ0n) is 9.16. The molecule has 3 nitrogen and oxygen atoms in total. The summed E-state index contributed by atoms with van der Waals surface area (Å²) < 4.78 is 0. The van der Waals surface area contributed by atoms with Gasteiger partial charge in [0.15, 0.2) is 0 Å². The summed E-state index contributed by atoms with van der Waals surface area (Å²) >= 11 is 0. The molecule has 80 valence electrons. The minimum atomic E-state index is 0.0474. The first-order valence-corrected chi connectivity index (χ1v) is 5.22. The van der Waals surface area contributed by atoms with Crippen molar-refractivity contribution in [3.8, 4) is 0 Å². The molecule has 0 bridgehead atoms. The van der Waals surface area contributed by atoms with Crippen molar-refractivity contribution in [2.24, 2.45) is 0 Å². The van der Waals surface area contributed by atoms with Crippen molar-refractivity contribution < 1.29 is 4.79 Å². The molecule has 0 spiro atoms. The maximum Gasteiger partial charge on any atom is 0.251 e. The number of amides is 1. The molecule has 1 aliphatic heterocycles. The van der Waals surface area contributed by atoms with Crippen LogP contribution in [0.15, 0.2) is 24.3 Å². The van der Waals surface area contributed by atoms with E-state index in [4.69, 9.17) is 0 Å². The van der Waals surface area contributed by atoms with E-state index in [9.17, 15) is 4.79 Å². The van der Waals surface area contributed by atoms with Crippen LogP contribution in [0.3, 0.4) is 0 Å². The second kappa shape index (κ2) is 4.03. The normalized spacial score (nSPS) is 17.2. The lowest BCUT2D eigenvalue weighted by Crippen LogP contribution is -2.57. The third-order valence-electron chi connectivity index (χ3n) is 2.79. The van der Waals surface area contributed by atoms with E-state index in [-0.39, 0.29) is 5.91 Å². The summed E-state index contributed by atoms with van der Waals surface area (Å²) in [6.45, 7) is 3.87. The smallest absolute Gasteiger partial charge is 0.251 e. The number of likely N-dealkylation sites (tertiary alicyclic amines) is 1. The van der Waals surface area contributed by atoms with Crippen LogP contribution in [0.4, 0.5) is 0 Å². The van der Waals surface area contributed by atoms with Crippen LogP contribution in [-0.2, 0) is 0 Å². The van der Waals surface area contributed by atoms with E-state index >= 15 is 0 Å². The summed E-state index contributed by atoms with van der Waals surface area (Å²) in [6.07, 6.45) is 0. The fourth-order valence-electron chi connectivity index (χ4n) is 1.88. The molecule has 15 heavy (non-hydrogen) atoms. The van der Waals surface area contributed by atoms with Gasteiger partial charge in [-0.1, -0.05) is 18.2 Å². The molecule has 1 fully saturated rings. The Hall–Kier alpha value is -1.35. The molecule has 1 aliphatic rings. The molecule has 1 saturated heterocycles. The number of benzene rings is 1. The van der Waals surface area contributed by atoms with Gasteiger partial charge in [0.2, 0.25) is 0 Å². The molecule has 1 aromatic rings. The molecule has 0 atom stereocenters. The Morgan fingerprint density at radius 3 is 2.67 bits per heavy atom. The lowest BCUT2D eigenvalue weighted by atomic mass is 10.1. The number of aryl methyl sites for hydroxylation is 1. The SMILES string of the molecule is Cc1ccccc1C(=O)NC1CN(C)C1. The Balaban J connectivity index is 1.99. The zero-order valence-corrected chi connectivity index (χ0v) is 9.16. The van der Waals surface area contributed by atoms with E-state index < -0.39 is 0 Å². The summed E-state index contributed by atoms with van der Waals surface area (Å²) in [5, 5.41) is 3.02. The van der Waals surface area contributed by atoms with Crippen molar-refractivity contribution in [2.45, 2.75) is 13.0 Å². The lowest BCUT2D eigenvalue weighted by Gasteiger charge is -2.36. The van der Waals surface area contributed by atoms with Gasteiger partial charge >= 0.3 is 0 Å². The molecular weight excluding hydrogens is 188 g/mol. The maximum absolute atomic E-state index is 11.8. The van der Waals surface area contributed by atoms with Crippen molar-refractivity contribution in [3.05, 3.63) is 35.4 Å². The summed E-state index contributed by atoms with van der Waals surface area (Å²) in [4.78, 5) is 14.0. The Labute approximate surface area is 90.1 Å². The van der Waals surface area contributed by atoms with E-state index in [1.54, 1.807) is 0 Å². The van der Waals surface area contributed by atoms with Gasteiger partial charge in [0.25, 0.3) is 5.91 Å². The topological polar surface area (TPSA) is 32.3 Å². The molecule has 1 amide bonds. The molecule has 0 radical (unpaired) electrons. The number of likely N-dealkylation sites (N-methyl/N-ethyl adjacent to an activating group) is 1. The third kappa shape index (κ3) is 2.18. The van der Waals surface area contributed by atoms with E-state index in [0.29, 0.717) is 6.04 Å². The molecular formula is C12H16N2O. The van der Waals surface area contributed by atoms with Gasteiger partial charge in [-0.3, -0.25) is 4.79 Å². The Kier molecular flexibility index (Phi) is 2.73. The molecule has 0 aliphatic carbocycles. The largest absolute Gasteiger partial charge is 0.347 e. The number of carbonyl (C=O) groups is 1. The molecule has 1 N–H and O–H groups in total. The van der Waals surface area contributed by atoms with Crippen LogP contribution in [0.2, 0.25) is 0 Å². The van der Waals surface area contributed by atoms with Gasteiger partial charge in [-0.05, 0) is 25.6 Å². The molecule has 0 aromatic heterocycles. The second-order valence-electron chi connectivity index (χ2n) is 4.21. The van der Waals surface area contributed by atoms with Crippen LogP contribution < -0.4 is 5.32 Å². The number of nitrogens with zero attached hydrogens (tertiary/aromatic N) is 1. The van der Waals surface area contributed by atoms with Gasteiger partial charge in [0.1, 0.15) is 0 Å². The summed E-state index contributed by atoms with van der Waals surface area (Å²) in [6, 6.07) is 7.99. The molecule has 1 aromatic carbocycles. The summed E-state index contributed by atoms with van der Waals surface area (Å²) in [5.41, 5.74) is 1.81. The fraction of sp³-hybridized carbons (Fsp3) is 0.417. The summed E-state index contributed by atoms with van der Waals surface area (Å²) in [5.74, 6) is 0.0474. The molecule has 3 heteroatoms. The second-order valence-corrected chi connectivity index (χ2v) is 4.21. The van der Waals surface area contributed by atoms with E-state index in [1.165, 1.54) is 0 Å².